The van der Waals surface area contributed by atoms with E-state index in [1.165, 1.54) is 32.5 Å². The van der Waals surface area contributed by atoms with E-state index in [-0.39, 0.29) is 24.2 Å². The fourth-order valence-corrected chi connectivity index (χ4v) is 4.44. The summed E-state index contributed by atoms with van der Waals surface area (Å²) >= 11 is 1.77. The number of carbonyl (C=O) groups excluding carboxylic acids is 2. The van der Waals surface area contributed by atoms with Gasteiger partial charge >= 0.3 is 0 Å². The molecule has 2 aromatic rings. The summed E-state index contributed by atoms with van der Waals surface area (Å²) in [5.41, 5.74) is 3.14. The molecule has 1 atom stereocenters. The van der Waals surface area contributed by atoms with Gasteiger partial charge in [0.05, 0.1) is 32.9 Å². The van der Waals surface area contributed by atoms with Crippen LogP contribution in [0, 0.1) is 12.8 Å². The van der Waals surface area contributed by atoms with Gasteiger partial charge in [0.2, 0.25) is 17.6 Å². The van der Waals surface area contributed by atoms with Gasteiger partial charge in [0.1, 0.15) is 0 Å². The maximum atomic E-state index is 12.6. The van der Waals surface area contributed by atoms with E-state index in [2.05, 4.69) is 36.5 Å². The molecule has 1 unspecified atom stereocenters. The second kappa shape index (κ2) is 11.1. The van der Waals surface area contributed by atoms with E-state index < -0.39 is 0 Å². The molecule has 1 aliphatic heterocycles. The summed E-state index contributed by atoms with van der Waals surface area (Å²) in [5, 5.41) is 2.97. The van der Waals surface area contributed by atoms with E-state index in [0.29, 0.717) is 36.0 Å². The van der Waals surface area contributed by atoms with Gasteiger partial charge in [-0.25, -0.2) is 0 Å². The van der Waals surface area contributed by atoms with Crippen LogP contribution in [0.4, 0.5) is 5.69 Å². The van der Waals surface area contributed by atoms with Gasteiger partial charge < -0.3 is 24.4 Å². The molecule has 1 fully saturated rings. The Morgan fingerprint density at radius 2 is 1.75 bits per heavy atom. The van der Waals surface area contributed by atoms with Crippen LogP contribution in [0.3, 0.4) is 0 Å². The second-order valence-corrected chi connectivity index (χ2v) is 8.72. The summed E-state index contributed by atoms with van der Waals surface area (Å²) < 4.78 is 16.1. The molecular formula is C24H30N2O5S. The Bertz CT molecular complexity index is 923. The van der Waals surface area contributed by atoms with Crippen molar-refractivity contribution >= 4 is 29.3 Å². The molecule has 32 heavy (non-hydrogen) atoms. The highest BCUT2D eigenvalue weighted by Crippen LogP contribution is 2.42. The number of aryl methyl sites for hydroxylation is 1. The van der Waals surface area contributed by atoms with Crippen molar-refractivity contribution in [3.05, 3.63) is 47.5 Å². The number of anilines is 1. The molecule has 172 valence electrons. The summed E-state index contributed by atoms with van der Waals surface area (Å²) in [6, 6.07) is 11.9. The molecule has 7 nitrogen and oxygen atoms in total. The quantitative estimate of drug-likeness (QED) is 0.550. The van der Waals surface area contributed by atoms with Crippen LogP contribution in [0.5, 0.6) is 17.2 Å². The average Bonchev–Trinajstić information content (AvgIpc) is 3.20. The molecule has 0 saturated carbocycles. The lowest BCUT2D eigenvalue weighted by molar-refractivity contribution is -0.126. The molecule has 0 aromatic heterocycles. The molecule has 1 N–H and O–H groups in total. The van der Waals surface area contributed by atoms with Crippen molar-refractivity contribution in [2.45, 2.75) is 19.1 Å². The van der Waals surface area contributed by atoms with Crippen molar-refractivity contribution in [2.24, 2.45) is 5.92 Å². The van der Waals surface area contributed by atoms with Crippen LogP contribution in [0.25, 0.3) is 0 Å². The number of nitrogens with one attached hydrogen (secondary N) is 1. The minimum atomic E-state index is -0.385. The van der Waals surface area contributed by atoms with Crippen LogP contribution in [0.15, 0.2) is 36.4 Å². The Labute approximate surface area is 193 Å². The average molecular weight is 459 g/mol. The molecule has 0 aliphatic carbocycles. The summed E-state index contributed by atoms with van der Waals surface area (Å²) in [7, 11) is 4.58. The lowest BCUT2D eigenvalue weighted by Crippen LogP contribution is -2.34. The molecule has 8 heteroatoms. The van der Waals surface area contributed by atoms with E-state index in [4.69, 9.17) is 14.2 Å². The van der Waals surface area contributed by atoms with Gasteiger partial charge in [-0.15, -0.1) is 0 Å². The third-order valence-corrected chi connectivity index (χ3v) is 6.42. The van der Waals surface area contributed by atoms with Crippen molar-refractivity contribution in [1.29, 1.82) is 0 Å². The predicted molar refractivity (Wildman–Crippen MR) is 127 cm³/mol. The molecule has 2 amide bonds. The number of nitrogens with zero attached hydrogens (tertiary/aromatic N) is 1. The molecule has 3 rings (SSSR count). The van der Waals surface area contributed by atoms with Crippen molar-refractivity contribution in [2.75, 3.05) is 45.1 Å². The Morgan fingerprint density at radius 3 is 2.34 bits per heavy atom. The fraction of sp³-hybridized carbons (Fsp3) is 0.417. The van der Waals surface area contributed by atoms with E-state index >= 15 is 0 Å². The second-order valence-electron chi connectivity index (χ2n) is 7.62. The molecular weight excluding hydrogens is 428 g/mol. The van der Waals surface area contributed by atoms with Gasteiger partial charge in [-0.1, -0.05) is 29.8 Å². The first-order valence-corrected chi connectivity index (χ1v) is 11.6. The zero-order valence-electron chi connectivity index (χ0n) is 19.0. The highest BCUT2D eigenvalue weighted by atomic mass is 32.2. The van der Waals surface area contributed by atoms with Gasteiger partial charge in [-0.3, -0.25) is 9.59 Å². The number of methoxy groups -OCH3 is 3. The summed E-state index contributed by atoms with van der Waals surface area (Å²) in [4.78, 5) is 26.8. The number of thioether (sulfide) groups is 1. The number of amides is 2. The Morgan fingerprint density at radius 1 is 1.09 bits per heavy atom. The third-order valence-electron chi connectivity index (χ3n) is 5.39. The van der Waals surface area contributed by atoms with E-state index in [0.717, 1.165) is 11.5 Å². The SMILES string of the molecule is COc1cc(N2CC(C(=O)NCCSCc3ccc(C)cc3)CC2=O)cc(OC)c1OC. The highest BCUT2D eigenvalue weighted by Gasteiger charge is 2.35. The highest BCUT2D eigenvalue weighted by molar-refractivity contribution is 7.98. The number of ether oxygens (including phenoxy) is 3. The van der Waals surface area contributed by atoms with Crippen LogP contribution in [0.2, 0.25) is 0 Å². The van der Waals surface area contributed by atoms with Gasteiger partial charge in [-0.2, -0.15) is 11.8 Å². The zero-order valence-corrected chi connectivity index (χ0v) is 19.8. The summed E-state index contributed by atoms with van der Waals surface area (Å²) in [6.45, 7) is 2.97. The largest absolute Gasteiger partial charge is 0.493 e. The van der Waals surface area contributed by atoms with Gasteiger partial charge in [0.15, 0.2) is 11.5 Å². The first-order chi connectivity index (χ1) is 15.5. The van der Waals surface area contributed by atoms with Gasteiger partial charge in [-0.05, 0) is 12.5 Å². The number of hydrogen-bond acceptors (Lipinski definition) is 6. The minimum Gasteiger partial charge on any atom is -0.493 e. The van der Waals surface area contributed by atoms with Crippen molar-refractivity contribution in [3.63, 3.8) is 0 Å². The van der Waals surface area contributed by atoms with Crippen molar-refractivity contribution in [3.8, 4) is 17.2 Å². The number of benzene rings is 2. The molecule has 0 spiro atoms. The first-order valence-electron chi connectivity index (χ1n) is 10.5. The monoisotopic (exact) mass is 458 g/mol. The van der Waals surface area contributed by atoms with Crippen LogP contribution in [0.1, 0.15) is 17.5 Å². The van der Waals surface area contributed by atoms with Crippen molar-refractivity contribution in [1.82, 2.24) is 5.32 Å². The third kappa shape index (κ3) is 5.68. The molecule has 0 radical (unpaired) electrons. The topological polar surface area (TPSA) is 77.1 Å². The van der Waals surface area contributed by atoms with Gasteiger partial charge in [0.25, 0.3) is 0 Å². The predicted octanol–water partition coefficient (Wildman–Crippen LogP) is 3.42. The lowest BCUT2D eigenvalue weighted by atomic mass is 10.1. The number of carbonyl (C=O) groups is 2. The van der Waals surface area contributed by atoms with E-state index in [1.54, 1.807) is 28.8 Å². The summed E-state index contributed by atoms with van der Waals surface area (Å²) in [5.74, 6) is 2.54. The standard InChI is InChI=1S/C24H30N2O5S/c1-16-5-7-17(8-6-16)15-32-10-9-25-24(28)18-11-22(27)26(14-18)19-12-20(29-2)23(31-4)21(13-19)30-3/h5-8,12-13,18H,9-11,14-15H2,1-4H3,(H,25,28). The maximum absolute atomic E-state index is 12.6. The van der Waals surface area contributed by atoms with Crippen LogP contribution < -0.4 is 24.4 Å². The zero-order chi connectivity index (χ0) is 23.1. The Kier molecular flexibility index (Phi) is 8.27. The Balaban J connectivity index is 1.52. The lowest BCUT2D eigenvalue weighted by Gasteiger charge is -2.20. The van der Waals surface area contributed by atoms with Crippen LogP contribution >= 0.6 is 11.8 Å². The first kappa shape index (κ1) is 23.8. The Hall–Kier alpha value is -2.87. The molecule has 1 aliphatic rings. The van der Waals surface area contributed by atoms with Crippen LogP contribution in [-0.4, -0.2) is 52.0 Å². The normalized spacial score (nSPS) is 15.6. The van der Waals surface area contributed by atoms with Crippen LogP contribution in [-0.2, 0) is 15.3 Å². The molecule has 0 bridgehead atoms. The maximum Gasteiger partial charge on any atom is 0.227 e. The summed E-state index contributed by atoms with van der Waals surface area (Å²) in [6.07, 6.45) is 0.180. The molecule has 1 saturated heterocycles. The van der Waals surface area contributed by atoms with E-state index in [1.807, 2.05) is 0 Å². The number of hydrogen-bond donors (Lipinski definition) is 1. The van der Waals surface area contributed by atoms with Gasteiger partial charge in [0, 0.05) is 43.1 Å². The van der Waals surface area contributed by atoms with Crippen molar-refractivity contribution < 1.29 is 23.8 Å². The molecule has 2 aromatic carbocycles. The number of rotatable bonds is 10. The minimum absolute atomic E-state index is 0.0933. The molecule has 1 heterocycles. The van der Waals surface area contributed by atoms with E-state index in [9.17, 15) is 9.59 Å². The smallest absolute Gasteiger partial charge is 0.227 e. The fourth-order valence-electron chi connectivity index (χ4n) is 3.62.